The Bertz CT molecular complexity index is 923. The van der Waals surface area contributed by atoms with Gasteiger partial charge < -0.3 is 0 Å². The molecule has 0 bridgehead atoms. The molecular formula is C19H19N3O. The normalized spacial score (nSPS) is 14.1. The zero-order chi connectivity index (χ0) is 16.2. The monoisotopic (exact) mass is 305 g/mol. The third-order valence-corrected chi connectivity index (χ3v) is 3.90. The van der Waals surface area contributed by atoms with Crippen LogP contribution in [-0.4, -0.2) is 22.3 Å². The first-order chi connectivity index (χ1) is 11.2. The average molecular weight is 305 g/mol. The Labute approximate surface area is 135 Å². The van der Waals surface area contributed by atoms with E-state index >= 15 is 0 Å². The van der Waals surface area contributed by atoms with Crippen molar-refractivity contribution in [1.29, 1.82) is 0 Å². The van der Waals surface area contributed by atoms with Gasteiger partial charge in [0.15, 0.2) is 0 Å². The van der Waals surface area contributed by atoms with E-state index in [9.17, 15) is 4.79 Å². The number of hydrogen-bond donors (Lipinski definition) is 0. The highest BCUT2D eigenvalue weighted by Gasteiger charge is 2.15. The molecule has 2 heterocycles. The van der Waals surface area contributed by atoms with Crippen LogP contribution < -0.4 is 5.56 Å². The summed E-state index contributed by atoms with van der Waals surface area (Å²) in [5.74, 6) is 7.04. The van der Waals surface area contributed by atoms with Gasteiger partial charge in [-0.25, -0.2) is 4.98 Å². The fraction of sp³-hybridized carbons (Fsp3) is 0.316. The van der Waals surface area contributed by atoms with Gasteiger partial charge in [-0.3, -0.25) is 14.4 Å². The van der Waals surface area contributed by atoms with Crippen molar-refractivity contribution < 1.29 is 0 Å². The Morgan fingerprint density at radius 1 is 1.48 bits per heavy atom. The summed E-state index contributed by atoms with van der Waals surface area (Å²) in [5, 5.41) is 0.663. The first kappa shape index (κ1) is 15.2. The van der Waals surface area contributed by atoms with Crippen LogP contribution in [0.2, 0.25) is 0 Å². The molecule has 0 spiro atoms. The maximum Gasteiger partial charge on any atom is 0.261 e. The first-order valence-corrected chi connectivity index (χ1v) is 7.91. The van der Waals surface area contributed by atoms with Gasteiger partial charge in [-0.05, 0) is 43.0 Å². The molecule has 0 atom stereocenters. The molecule has 2 aromatic rings. The second-order valence-electron chi connectivity index (χ2n) is 5.49. The molecule has 4 nitrogen and oxygen atoms in total. The molecule has 0 aliphatic carbocycles. The van der Waals surface area contributed by atoms with Gasteiger partial charge in [-0.1, -0.05) is 18.9 Å². The standard InChI is InChI=1S/C19H19N3O/c1-3-4-6-15(20-2)10-8-14-9-11-16-17(13-14)21-18-7-5-12-22(18)19(16)23/h4,6,9,11,13H,3,5,7,12H2,1-2H3/b6-4-,20-15?. The van der Waals surface area contributed by atoms with Crippen molar-refractivity contribution in [2.75, 3.05) is 7.05 Å². The van der Waals surface area contributed by atoms with Gasteiger partial charge >= 0.3 is 0 Å². The number of hydrogen-bond acceptors (Lipinski definition) is 3. The number of aryl methyl sites for hydroxylation is 1. The van der Waals surface area contributed by atoms with Crippen molar-refractivity contribution in [2.24, 2.45) is 4.99 Å². The molecular weight excluding hydrogens is 286 g/mol. The second kappa shape index (κ2) is 6.62. The van der Waals surface area contributed by atoms with Crippen LogP contribution in [0.3, 0.4) is 0 Å². The first-order valence-electron chi connectivity index (χ1n) is 7.91. The minimum Gasteiger partial charge on any atom is -0.296 e. The van der Waals surface area contributed by atoms with E-state index in [0.717, 1.165) is 48.4 Å². The number of aromatic nitrogens is 2. The summed E-state index contributed by atoms with van der Waals surface area (Å²) in [7, 11) is 1.73. The van der Waals surface area contributed by atoms with Crippen LogP contribution in [0.4, 0.5) is 0 Å². The van der Waals surface area contributed by atoms with Gasteiger partial charge in [-0.2, -0.15) is 0 Å². The van der Waals surface area contributed by atoms with E-state index in [1.54, 1.807) is 11.6 Å². The molecule has 0 saturated carbocycles. The molecule has 0 amide bonds. The van der Waals surface area contributed by atoms with Crippen LogP contribution in [0.15, 0.2) is 40.1 Å². The molecule has 0 unspecified atom stereocenters. The molecule has 1 aliphatic rings. The lowest BCUT2D eigenvalue weighted by Gasteiger charge is -2.04. The number of aliphatic imine (C=N–C) groups is 1. The lowest BCUT2D eigenvalue weighted by molar-refractivity contribution is 0.719. The zero-order valence-corrected chi connectivity index (χ0v) is 13.5. The summed E-state index contributed by atoms with van der Waals surface area (Å²) in [6.07, 6.45) is 6.77. The second-order valence-corrected chi connectivity index (χ2v) is 5.49. The SMILES string of the molecule is CC/C=C\C(C#Cc1ccc2c(=O)n3c(nc2c1)CCC3)=NC. The van der Waals surface area contributed by atoms with Gasteiger partial charge in [0.2, 0.25) is 0 Å². The summed E-state index contributed by atoms with van der Waals surface area (Å²) in [5.41, 5.74) is 2.38. The minimum atomic E-state index is 0.0590. The van der Waals surface area contributed by atoms with E-state index in [-0.39, 0.29) is 5.56 Å². The van der Waals surface area contributed by atoms with E-state index in [4.69, 9.17) is 0 Å². The number of rotatable bonds is 2. The van der Waals surface area contributed by atoms with Crippen LogP contribution in [0.5, 0.6) is 0 Å². The number of fused-ring (bicyclic) bond motifs is 2. The maximum absolute atomic E-state index is 12.4. The Morgan fingerprint density at radius 2 is 2.35 bits per heavy atom. The van der Waals surface area contributed by atoms with Crippen molar-refractivity contribution in [3.8, 4) is 11.8 Å². The summed E-state index contributed by atoms with van der Waals surface area (Å²) in [6.45, 7) is 2.85. The van der Waals surface area contributed by atoms with Crippen LogP contribution in [0.25, 0.3) is 10.9 Å². The molecule has 3 rings (SSSR count). The van der Waals surface area contributed by atoms with Gasteiger partial charge in [0, 0.05) is 25.6 Å². The molecule has 1 aliphatic heterocycles. The third kappa shape index (κ3) is 3.09. The number of allylic oxidation sites excluding steroid dienone is 2. The van der Waals surface area contributed by atoms with Crippen LogP contribution >= 0.6 is 0 Å². The van der Waals surface area contributed by atoms with Crippen LogP contribution in [0, 0.1) is 11.8 Å². The van der Waals surface area contributed by atoms with Crippen molar-refractivity contribution >= 4 is 16.6 Å². The van der Waals surface area contributed by atoms with Crippen molar-refractivity contribution in [3.05, 3.63) is 52.1 Å². The summed E-state index contributed by atoms with van der Waals surface area (Å²) < 4.78 is 1.78. The van der Waals surface area contributed by atoms with Gasteiger partial charge in [-0.15, -0.1) is 0 Å². The fourth-order valence-corrected chi connectivity index (χ4v) is 2.70. The van der Waals surface area contributed by atoms with E-state index in [1.165, 1.54) is 0 Å². The third-order valence-electron chi connectivity index (χ3n) is 3.90. The molecule has 0 fully saturated rings. The van der Waals surface area contributed by atoms with Gasteiger partial charge in [0.1, 0.15) is 11.5 Å². The Balaban J connectivity index is 2.00. The van der Waals surface area contributed by atoms with Crippen molar-refractivity contribution in [3.63, 3.8) is 0 Å². The fourth-order valence-electron chi connectivity index (χ4n) is 2.70. The predicted octanol–water partition coefficient (Wildman–Crippen LogP) is 2.73. The molecule has 116 valence electrons. The highest BCUT2D eigenvalue weighted by molar-refractivity contribution is 6.09. The van der Waals surface area contributed by atoms with Crippen LogP contribution in [-0.2, 0) is 13.0 Å². The molecule has 1 aromatic carbocycles. The molecule has 0 radical (unpaired) electrons. The number of benzene rings is 1. The lowest BCUT2D eigenvalue weighted by Crippen LogP contribution is -2.20. The van der Waals surface area contributed by atoms with E-state index < -0.39 is 0 Å². The predicted molar refractivity (Wildman–Crippen MR) is 94.0 cm³/mol. The van der Waals surface area contributed by atoms with E-state index in [1.807, 2.05) is 30.4 Å². The smallest absolute Gasteiger partial charge is 0.261 e. The van der Waals surface area contributed by atoms with Crippen molar-refractivity contribution in [2.45, 2.75) is 32.7 Å². The molecule has 0 N–H and O–H groups in total. The maximum atomic E-state index is 12.4. The lowest BCUT2D eigenvalue weighted by atomic mass is 10.1. The number of nitrogens with zero attached hydrogens (tertiary/aromatic N) is 3. The topological polar surface area (TPSA) is 47.2 Å². The Morgan fingerprint density at radius 3 is 3.13 bits per heavy atom. The summed E-state index contributed by atoms with van der Waals surface area (Å²) in [4.78, 5) is 21.2. The highest BCUT2D eigenvalue weighted by atomic mass is 16.1. The molecule has 23 heavy (non-hydrogen) atoms. The van der Waals surface area contributed by atoms with E-state index in [0.29, 0.717) is 5.39 Å². The highest BCUT2D eigenvalue weighted by Crippen LogP contribution is 2.15. The zero-order valence-electron chi connectivity index (χ0n) is 13.5. The minimum absolute atomic E-state index is 0.0590. The van der Waals surface area contributed by atoms with Crippen molar-refractivity contribution in [1.82, 2.24) is 9.55 Å². The van der Waals surface area contributed by atoms with Gasteiger partial charge in [0.25, 0.3) is 5.56 Å². The summed E-state index contributed by atoms with van der Waals surface area (Å²) in [6, 6.07) is 5.59. The molecule has 1 aromatic heterocycles. The molecule has 4 heteroatoms. The average Bonchev–Trinajstić information content (AvgIpc) is 3.03. The molecule has 0 saturated heterocycles. The summed E-state index contributed by atoms with van der Waals surface area (Å²) >= 11 is 0. The largest absolute Gasteiger partial charge is 0.296 e. The van der Waals surface area contributed by atoms with Crippen LogP contribution in [0.1, 0.15) is 31.2 Å². The van der Waals surface area contributed by atoms with Gasteiger partial charge in [0.05, 0.1) is 10.9 Å². The van der Waals surface area contributed by atoms with E-state index in [2.05, 4.69) is 28.7 Å². The quantitative estimate of drug-likeness (QED) is 0.632. The Hall–Kier alpha value is -2.67. The Kier molecular flexibility index (Phi) is 4.38.